The van der Waals surface area contributed by atoms with Gasteiger partial charge in [-0.25, -0.2) is 0 Å². The molecule has 2 rings (SSSR count). The predicted octanol–water partition coefficient (Wildman–Crippen LogP) is 1.88. The molecule has 2 atom stereocenters. The van der Waals surface area contributed by atoms with Crippen LogP contribution >= 0.6 is 0 Å². The number of aliphatic hydroxyl groups is 1. The lowest BCUT2D eigenvalue weighted by Gasteiger charge is -1.99. The Bertz CT molecular complexity index is 281. The highest BCUT2D eigenvalue weighted by molar-refractivity contribution is 5.23. The highest BCUT2D eigenvalue weighted by atomic mass is 16.3. The fraction of sp³-hybridized carbons (Fsp3) is 0.545. The van der Waals surface area contributed by atoms with Crippen LogP contribution in [0.5, 0.6) is 0 Å². The minimum Gasteiger partial charge on any atom is -0.396 e. The van der Waals surface area contributed by atoms with Crippen molar-refractivity contribution in [2.24, 2.45) is 5.92 Å². The molecule has 13 heavy (non-hydrogen) atoms. The van der Waals surface area contributed by atoms with Gasteiger partial charge in [0.05, 0.1) is 0 Å². The van der Waals surface area contributed by atoms with Crippen molar-refractivity contribution in [3.63, 3.8) is 0 Å². The Morgan fingerprint density at radius 1 is 1.54 bits per heavy atom. The van der Waals surface area contributed by atoms with Gasteiger partial charge in [-0.3, -0.25) is 4.98 Å². The van der Waals surface area contributed by atoms with E-state index in [1.807, 2.05) is 13.1 Å². The zero-order chi connectivity index (χ0) is 9.26. The molecule has 0 unspecified atom stereocenters. The molecule has 1 aromatic rings. The van der Waals surface area contributed by atoms with Gasteiger partial charge in [-0.1, -0.05) is 6.07 Å². The molecule has 1 aliphatic carbocycles. The number of aryl methyl sites for hydroxylation is 1. The number of aromatic nitrogens is 1. The Labute approximate surface area is 78.6 Å². The summed E-state index contributed by atoms with van der Waals surface area (Å²) >= 11 is 0. The zero-order valence-corrected chi connectivity index (χ0v) is 7.90. The van der Waals surface area contributed by atoms with Crippen LogP contribution in [0.1, 0.15) is 30.0 Å². The average Bonchev–Trinajstić information content (AvgIpc) is 2.86. The van der Waals surface area contributed by atoms with Crippen molar-refractivity contribution in [1.29, 1.82) is 0 Å². The standard InChI is InChI=1S/C11H15NO/c1-8-2-3-10(7-12-8)11-6-9(11)4-5-13/h2-3,7,9,11,13H,4-6H2,1H3/t9-,11-/m1/s1. The summed E-state index contributed by atoms with van der Waals surface area (Å²) in [6.45, 7) is 2.32. The van der Waals surface area contributed by atoms with E-state index in [-0.39, 0.29) is 0 Å². The van der Waals surface area contributed by atoms with Gasteiger partial charge in [-0.15, -0.1) is 0 Å². The first-order valence-corrected chi connectivity index (χ1v) is 4.84. The van der Waals surface area contributed by atoms with E-state index in [4.69, 9.17) is 5.11 Å². The number of nitrogens with zero attached hydrogens (tertiary/aromatic N) is 1. The summed E-state index contributed by atoms with van der Waals surface area (Å²) in [6.07, 6.45) is 4.14. The summed E-state index contributed by atoms with van der Waals surface area (Å²) in [6, 6.07) is 4.22. The molecule has 1 fully saturated rings. The molecule has 0 bridgehead atoms. The predicted molar refractivity (Wildman–Crippen MR) is 51.5 cm³/mol. The van der Waals surface area contributed by atoms with E-state index in [0.717, 1.165) is 12.1 Å². The Balaban J connectivity index is 2.00. The molecule has 0 spiro atoms. The summed E-state index contributed by atoms with van der Waals surface area (Å²) in [5.74, 6) is 1.37. The van der Waals surface area contributed by atoms with Gasteiger partial charge in [0, 0.05) is 18.5 Å². The molecule has 1 saturated carbocycles. The number of hydrogen-bond acceptors (Lipinski definition) is 2. The van der Waals surface area contributed by atoms with E-state index in [1.165, 1.54) is 12.0 Å². The Morgan fingerprint density at radius 3 is 3.00 bits per heavy atom. The largest absolute Gasteiger partial charge is 0.396 e. The van der Waals surface area contributed by atoms with E-state index >= 15 is 0 Å². The summed E-state index contributed by atoms with van der Waals surface area (Å²) in [4.78, 5) is 4.27. The average molecular weight is 177 g/mol. The third kappa shape index (κ3) is 1.89. The van der Waals surface area contributed by atoms with E-state index in [1.54, 1.807) is 0 Å². The van der Waals surface area contributed by atoms with Gasteiger partial charge in [0.25, 0.3) is 0 Å². The molecule has 0 saturated heterocycles. The normalized spacial score (nSPS) is 26.0. The van der Waals surface area contributed by atoms with E-state index in [9.17, 15) is 0 Å². The molecular weight excluding hydrogens is 162 g/mol. The Morgan fingerprint density at radius 2 is 2.38 bits per heavy atom. The highest BCUT2D eigenvalue weighted by Gasteiger charge is 2.37. The lowest BCUT2D eigenvalue weighted by atomic mass is 10.1. The molecule has 70 valence electrons. The van der Waals surface area contributed by atoms with E-state index in [2.05, 4.69) is 17.1 Å². The van der Waals surface area contributed by atoms with Gasteiger partial charge >= 0.3 is 0 Å². The smallest absolute Gasteiger partial charge is 0.0433 e. The molecular formula is C11H15NO. The lowest BCUT2D eigenvalue weighted by Crippen LogP contribution is -1.89. The van der Waals surface area contributed by atoms with Crippen molar-refractivity contribution in [2.75, 3.05) is 6.61 Å². The molecule has 2 heteroatoms. The van der Waals surface area contributed by atoms with Gasteiger partial charge in [-0.2, -0.15) is 0 Å². The van der Waals surface area contributed by atoms with Crippen LogP contribution < -0.4 is 0 Å². The Kier molecular flexibility index (Phi) is 2.32. The van der Waals surface area contributed by atoms with Crippen molar-refractivity contribution in [2.45, 2.75) is 25.7 Å². The summed E-state index contributed by atoms with van der Waals surface area (Å²) in [5.41, 5.74) is 2.41. The number of aliphatic hydroxyl groups excluding tert-OH is 1. The summed E-state index contributed by atoms with van der Waals surface area (Å²) in [7, 11) is 0. The fourth-order valence-corrected chi connectivity index (χ4v) is 1.84. The van der Waals surface area contributed by atoms with Crippen molar-refractivity contribution in [3.05, 3.63) is 29.6 Å². The lowest BCUT2D eigenvalue weighted by molar-refractivity contribution is 0.279. The first kappa shape index (κ1) is 8.70. The number of pyridine rings is 1. The first-order valence-electron chi connectivity index (χ1n) is 4.84. The van der Waals surface area contributed by atoms with Crippen LogP contribution in [0.15, 0.2) is 18.3 Å². The van der Waals surface area contributed by atoms with E-state index in [0.29, 0.717) is 18.4 Å². The quantitative estimate of drug-likeness (QED) is 0.764. The minimum absolute atomic E-state index is 0.320. The van der Waals surface area contributed by atoms with Crippen LogP contribution in [-0.2, 0) is 0 Å². The number of hydrogen-bond donors (Lipinski definition) is 1. The van der Waals surface area contributed by atoms with Gasteiger partial charge in [-0.05, 0) is 43.2 Å². The van der Waals surface area contributed by atoms with Crippen molar-refractivity contribution in [3.8, 4) is 0 Å². The molecule has 0 radical (unpaired) electrons. The molecule has 0 aliphatic heterocycles. The van der Waals surface area contributed by atoms with Crippen LogP contribution in [0, 0.1) is 12.8 Å². The fourth-order valence-electron chi connectivity index (χ4n) is 1.84. The second-order valence-corrected chi connectivity index (χ2v) is 3.85. The zero-order valence-electron chi connectivity index (χ0n) is 7.90. The maximum atomic E-state index is 8.77. The summed E-state index contributed by atoms with van der Waals surface area (Å²) < 4.78 is 0. The first-order chi connectivity index (χ1) is 6.31. The molecule has 2 nitrogen and oxygen atoms in total. The SMILES string of the molecule is Cc1ccc([C@@H]2C[C@H]2CCO)cn1. The maximum absolute atomic E-state index is 8.77. The van der Waals surface area contributed by atoms with Gasteiger partial charge in [0.2, 0.25) is 0 Å². The van der Waals surface area contributed by atoms with E-state index < -0.39 is 0 Å². The monoisotopic (exact) mass is 177 g/mol. The van der Waals surface area contributed by atoms with Gasteiger partial charge in [0.15, 0.2) is 0 Å². The molecule has 1 N–H and O–H groups in total. The highest BCUT2D eigenvalue weighted by Crippen LogP contribution is 2.49. The summed E-state index contributed by atoms with van der Waals surface area (Å²) in [5, 5.41) is 8.77. The van der Waals surface area contributed by atoms with Crippen molar-refractivity contribution in [1.82, 2.24) is 4.98 Å². The third-order valence-electron chi connectivity index (χ3n) is 2.78. The maximum Gasteiger partial charge on any atom is 0.0433 e. The topological polar surface area (TPSA) is 33.1 Å². The van der Waals surface area contributed by atoms with Gasteiger partial charge < -0.3 is 5.11 Å². The van der Waals surface area contributed by atoms with Crippen LogP contribution in [0.25, 0.3) is 0 Å². The van der Waals surface area contributed by atoms with Crippen molar-refractivity contribution < 1.29 is 5.11 Å². The van der Waals surface area contributed by atoms with Crippen LogP contribution in [0.4, 0.5) is 0 Å². The third-order valence-corrected chi connectivity index (χ3v) is 2.78. The minimum atomic E-state index is 0.320. The molecule has 0 aromatic carbocycles. The number of rotatable bonds is 3. The molecule has 1 heterocycles. The van der Waals surface area contributed by atoms with Crippen LogP contribution in [0.2, 0.25) is 0 Å². The Hall–Kier alpha value is -0.890. The second-order valence-electron chi connectivity index (χ2n) is 3.85. The van der Waals surface area contributed by atoms with Crippen molar-refractivity contribution >= 4 is 0 Å². The van der Waals surface area contributed by atoms with Gasteiger partial charge in [0.1, 0.15) is 0 Å². The second kappa shape index (κ2) is 3.46. The van der Waals surface area contributed by atoms with Crippen LogP contribution in [-0.4, -0.2) is 16.7 Å². The molecule has 1 aromatic heterocycles. The molecule has 0 amide bonds. The molecule has 1 aliphatic rings. The van der Waals surface area contributed by atoms with Crippen LogP contribution in [0.3, 0.4) is 0 Å².